The molecule has 0 fully saturated rings. The summed E-state index contributed by atoms with van der Waals surface area (Å²) in [6.45, 7) is 0.692. The number of carbonyl (C=O) groups excluding carboxylic acids is 1. The topological polar surface area (TPSA) is 34.0 Å². The molecule has 20 heavy (non-hydrogen) atoms. The molecule has 0 radical (unpaired) electrons. The molecule has 100 valence electrons. The number of hydrogen-bond donors (Lipinski definition) is 1. The third kappa shape index (κ3) is 2.18. The molecule has 3 rings (SSSR count). The summed E-state index contributed by atoms with van der Waals surface area (Å²) in [7, 11) is 1.66. The second-order valence-electron chi connectivity index (χ2n) is 4.74. The third-order valence-electron chi connectivity index (χ3n) is 3.45. The Morgan fingerprint density at radius 3 is 2.50 bits per heavy atom. The Morgan fingerprint density at radius 1 is 1.05 bits per heavy atom. The average molecular weight is 264 g/mol. The molecule has 3 nitrogen and oxygen atoms in total. The Hall–Kier alpha value is -2.55. The molecule has 0 unspecified atom stereocenters. The van der Waals surface area contributed by atoms with Gasteiger partial charge in [-0.1, -0.05) is 48.5 Å². The van der Waals surface area contributed by atoms with E-state index in [2.05, 4.69) is 22.0 Å². The Balaban J connectivity index is 2.13. The number of hydrogen-bond acceptors (Lipinski definition) is 1. The number of nitrogens with one attached hydrogen (secondary N) is 1. The van der Waals surface area contributed by atoms with Crippen LogP contribution in [0.1, 0.15) is 16.1 Å². The molecule has 1 aromatic heterocycles. The van der Waals surface area contributed by atoms with Crippen molar-refractivity contribution in [2.45, 2.75) is 6.54 Å². The molecule has 2 aromatic carbocycles. The summed E-state index contributed by atoms with van der Waals surface area (Å²) in [5.74, 6) is -0.0582. The normalized spacial score (nSPS) is 10.7. The Morgan fingerprint density at radius 2 is 1.75 bits per heavy atom. The Kier molecular flexibility index (Phi) is 3.25. The highest BCUT2D eigenvalue weighted by molar-refractivity contribution is 5.98. The number of para-hydroxylation sites is 1. The molecule has 1 N–H and O–H groups in total. The Labute approximate surface area is 117 Å². The van der Waals surface area contributed by atoms with E-state index in [1.165, 1.54) is 5.56 Å². The summed E-state index contributed by atoms with van der Waals surface area (Å²) in [5.41, 5.74) is 2.95. The van der Waals surface area contributed by atoms with Crippen molar-refractivity contribution in [1.82, 2.24) is 9.88 Å². The van der Waals surface area contributed by atoms with Gasteiger partial charge in [-0.3, -0.25) is 4.79 Å². The SMILES string of the molecule is CNC(=O)c1cc2ccccc2n1Cc1ccccc1. The van der Waals surface area contributed by atoms with E-state index in [4.69, 9.17) is 0 Å². The molecule has 3 heteroatoms. The second kappa shape index (κ2) is 5.21. The average Bonchev–Trinajstić information content (AvgIpc) is 2.86. The number of benzene rings is 2. The molecule has 3 aromatic rings. The first kappa shape index (κ1) is 12.5. The summed E-state index contributed by atoms with van der Waals surface area (Å²) < 4.78 is 2.06. The number of nitrogens with zero attached hydrogens (tertiary/aromatic N) is 1. The van der Waals surface area contributed by atoms with E-state index in [-0.39, 0.29) is 5.91 Å². The van der Waals surface area contributed by atoms with Gasteiger partial charge in [-0.25, -0.2) is 0 Å². The Bertz CT molecular complexity index is 744. The molecular weight excluding hydrogens is 248 g/mol. The van der Waals surface area contributed by atoms with Crippen molar-refractivity contribution in [2.75, 3.05) is 7.05 Å². The van der Waals surface area contributed by atoms with Crippen LogP contribution in [0.3, 0.4) is 0 Å². The molecule has 0 bridgehead atoms. The van der Waals surface area contributed by atoms with Gasteiger partial charge in [0.25, 0.3) is 5.91 Å². The standard InChI is InChI=1S/C17H16N2O/c1-18-17(20)16-11-14-9-5-6-10-15(14)19(16)12-13-7-3-2-4-8-13/h2-11H,12H2,1H3,(H,18,20). The van der Waals surface area contributed by atoms with Crippen molar-refractivity contribution in [3.8, 4) is 0 Å². The first-order valence-corrected chi connectivity index (χ1v) is 6.64. The fourth-order valence-electron chi connectivity index (χ4n) is 2.46. The molecule has 0 aliphatic heterocycles. The van der Waals surface area contributed by atoms with Gasteiger partial charge in [0.2, 0.25) is 0 Å². The van der Waals surface area contributed by atoms with Crippen molar-refractivity contribution in [3.63, 3.8) is 0 Å². The van der Waals surface area contributed by atoms with Gasteiger partial charge >= 0.3 is 0 Å². The molecule has 0 saturated carbocycles. The monoisotopic (exact) mass is 264 g/mol. The highest BCUT2D eigenvalue weighted by atomic mass is 16.1. The van der Waals surface area contributed by atoms with Crippen LogP contribution in [0.5, 0.6) is 0 Å². The minimum atomic E-state index is -0.0582. The molecule has 0 aliphatic carbocycles. The first-order valence-electron chi connectivity index (χ1n) is 6.64. The molecule has 0 spiro atoms. The van der Waals surface area contributed by atoms with E-state index in [0.717, 1.165) is 10.9 Å². The molecular formula is C17H16N2O. The van der Waals surface area contributed by atoms with Gasteiger partial charge in [0.05, 0.1) is 0 Å². The van der Waals surface area contributed by atoms with Crippen molar-refractivity contribution >= 4 is 16.8 Å². The van der Waals surface area contributed by atoms with E-state index in [1.807, 2.05) is 48.5 Å². The summed E-state index contributed by atoms with van der Waals surface area (Å²) >= 11 is 0. The van der Waals surface area contributed by atoms with Crippen LogP contribution in [0, 0.1) is 0 Å². The molecule has 0 saturated heterocycles. The van der Waals surface area contributed by atoms with Crippen molar-refractivity contribution in [1.29, 1.82) is 0 Å². The summed E-state index contributed by atoms with van der Waals surface area (Å²) in [4.78, 5) is 12.1. The highest BCUT2D eigenvalue weighted by Gasteiger charge is 2.14. The quantitative estimate of drug-likeness (QED) is 0.775. The lowest BCUT2D eigenvalue weighted by Crippen LogP contribution is -2.21. The van der Waals surface area contributed by atoms with Crippen LogP contribution in [0.4, 0.5) is 0 Å². The van der Waals surface area contributed by atoms with Gasteiger partial charge in [0.15, 0.2) is 0 Å². The van der Waals surface area contributed by atoms with Crippen LogP contribution in [0.15, 0.2) is 60.7 Å². The van der Waals surface area contributed by atoms with Crippen LogP contribution >= 0.6 is 0 Å². The lowest BCUT2D eigenvalue weighted by Gasteiger charge is -2.10. The summed E-state index contributed by atoms with van der Waals surface area (Å²) in [5, 5.41) is 3.79. The van der Waals surface area contributed by atoms with Gasteiger partial charge in [0.1, 0.15) is 5.69 Å². The molecule has 0 aliphatic rings. The lowest BCUT2D eigenvalue weighted by molar-refractivity contribution is 0.0955. The van der Waals surface area contributed by atoms with E-state index >= 15 is 0 Å². The summed E-state index contributed by atoms with van der Waals surface area (Å²) in [6.07, 6.45) is 0. The zero-order valence-electron chi connectivity index (χ0n) is 11.3. The number of amides is 1. The second-order valence-corrected chi connectivity index (χ2v) is 4.74. The highest BCUT2D eigenvalue weighted by Crippen LogP contribution is 2.21. The lowest BCUT2D eigenvalue weighted by atomic mass is 10.2. The van der Waals surface area contributed by atoms with E-state index in [0.29, 0.717) is 12.2 Å². The predicted molar refractivity (Wildman–Crippen MR) is 80.9 cm³/mol. The van der Waals surface area contributed by atoms with Crippen LogP contribution in [-0.2, 0) is 6.54 Å². The minimum Gasteiger partial charge on any atom is -0.354 e. The van der Waals surface area contributed by atoms with E-state index in [1.54, 1.807) is 7.05 Å². The third-order valence-corrected chi connectivity index (χ3v) is 3.45. The maximum absolute atomic E-state index is 12.1. The van der Waals surface area contributed by atoms with Crippen molar-refractivity contribution < 1.29 is 4.79 Å². The van der Waals surface area contributed by atoms with Crippen molar-refractivity contribution in [3.05, 3.63) is 71.9 Å². The maximum Gasteiger partial charge on any atom is 0.267 e. The predicted octanol–water partition coefficient (Wildman–Crippen LogP) is 3.05. The van der Waals surface area contributed by atoms with Gasteiger partial charge in [-0.15, -0.1) is 0 Å². The van der Waals surface area contributed by atoms with Crippen LogP contribution < -0.4 is 5.32 Å². The fourth-order valence-corrected chi connectivity index (χ4v) is 2.46. The van der Waals surface area contributed by atoms with Gasteiger partial charge in [0, 0.05) is 24.5 Å². The fraction of sp³-hybridized carbons (Fsp3) is 0.118. The smallest absolute Gasteiger partial charge is 0.267 e. The van der Waals surface area contributed by atoms with Gasteiger partial charge in [-0.05, 0) is 17.7 Å². The number of aromatic nitrogens is 1. The van der Waals surface area contributed by atoms with Crippen LogP contribution in [0.25, 0.3) is 10.9 Å². The van der Waals surface area contributed by atoms with Crippen molar-refractivity contribution in [2.24, 2.45) is 0 Å². The largest absolute Gasteiger partial charge is 0.354 e. The first-order chi connectivity index (χ1) is 9.79. The molecule has 1 amide bonds. The zero-order valence-corrected chi connectivity index (χ0v) is 11.3. The van der Waals surface area contributed by atoms with Crippen LogP contribution in [0.2, 0.25) is 0 Å². The van der Waals surface area contributed by atoms with Gasteiger partial charge in [-0.2, -0.15) is 0 Å². The molecule has 0 atom stereocenters. The maximum atomic E-state index is 12.1. The zero-order chi connectivity index (χ0) is 13.9. The van der Waals surface area contributed by atoms with E-state index in [9.17, 15) is 4.79 Å². The van der Waals surface area contributed by atoms with Crippen LogP contribution in [-0.4, -0.2) is 17.5 Å². The number of fused-ring (bicyclic) bond motifs is 1. The number of rotatable bonds is 3. The van der Waals surface area contributed by atoms with Gasteiger partial charge < -0.3 is 9.88 Å². The number of carbonyl (C=O) groups is 1. The molecule has 1 heterocycles. The van der Waals surface area contributed by atoms with E-state index < -0.39 is 0 Å². The minimum absolute atomic E-state index is 0.0582. The summed E-state index contributed by atoms with van der Waals surface area (Å²) in [6, 6.07) is 20.2.